The van der Waals surface area contributed by atoms with E-state index in [4.69, 9.17) is 15.7 Å². The van der Waals surface area contributed by atoms with Crippen LogP contribution in [0.3, 0.4) is 0 Å². The molecule has 3 N–H and O–H groups in total. The van der Waals surface area contributed by atoms with E-state index in [1.165, 1.54) is 38.5 Å². The topological polar surface area (TPSA) is 71.1 Å². The summed E-state index contributed by atoms with van der Waals surface area (Å²) in [6.07, 6.45) is 11.0. The van der Waals surface area contributed by atoms with Crippen LogP contribution in [0.5, 0.6) is 0 Å². The van der Waals surface area contributed by atoms with Gasteiger partial charge in [0, 0.05) is 25.1 Å². The lowest BCUT2D eigenvalue weighted by molar-refractivity contribution is -0.126. The Balaban J connectivity index is 1.63. The van der Waals surface area contributed by atoms with Crippen molar-refractivity contribution in [1.82, 2.24) is 4.90 Å². The van der Waals surface area contributed by atoms with Gasteiger partial charge >= 0.3 is 0 Å². The molecule has 5 nitrogen and oxygen atoms in total. The Labute approximate surface area is 127 Å². The van der Waals surface area contributed by atoms with Gasteiger partial charge in [-0.15, -0.1) is 0 Å². The number of hydrogen-bond donors (Lipinski definition) is 2. The highest BCUT2D eigenvalue weighted by Gasteiger charge is 2.41. The van der Waals surface area contributed by atoms with E-state index in [2.05, 4.69) is 10.1 Å². The van der Waals surface area contributed by atoms with E-state index in [1.54, 1.807) is 0 Å². The van der Waals surface area contributed by atoms with Crippen LogP contribution >= 0.6 is 0 Å². The largest absolute Gasteiger partial charge is 0.409 e. The van der Waals surface area contributed by atoms with Crippen molar-refractivity contribution in [2.45, 2.75) is 69.4 Å². The first-order valence-corrected chi connectivity index (χ1v) is 8.58. The number of nitrogens with two attached hydrogens (primary N) is 1. The highest BCUT2D eigenvalue weighted by Crippen LogP contribution is 2.40. The summed E-state index contributed by atoms with van der Waals surface area (Å²) in [6.45, 7) is 2.99. The number of hydrogen-bond acceptors (Lipinski definition) is 4. The fourth-order valence-electron chi connectivity index (χ4n) is 4.52. The predicted molar refractivity (Wildman–Crippen MR) is 82.5 cm³/mol. The monoisotopic (exact) mass is 295 g/mol. The number of likely N-dealkylation sites (tertiary alicyclic amines) is 1. The maximum absolute atomic E-state index is 8.91. The molecule has 0 aromatic rings. The molecule has 0 amide bonds. The summed E-state index contributed by atoms with van der Waals surface area (Å²) in [5, 5.41) is 12.1. The minimum atomic E-state index is 0.157. The Morgan fingerprint density at radius 3 is 2.76 bits per heavy atom. The summed E-state index contributed by atoms with van der Waals surface area (Å²) in [4.78, 5) is 2.57. The fraction of sp³-hybridized carbons (Fsp3) is 0.938. The molecular weight excluding hydrogens is 266 g/mol. The van der Waals surface area contributed by atoms with Gasteiger partial charge in [0.25, 0.3) is 0 Å². The van der Waals surface area contributed by atoms with E-state index in [1.807, 2.05) is 0 Å². The maximum Gasteiger partial charge on any atom is 0.143 e. The third-order valence-electron chi connectivity index (χ3n) is 5.73. The zero-order valence-electron chi connectivity index (χ0n) is 13.0. The second-order valence-corrected chi connectivity index (χ2v) is 7.10. The van der Waals surface area contributed by atoms with Gasteiger partial charge in [0.05, 0.1) is 5.60 Å². The van der Waals surface area contributed by atoms with Crippen molar-refractivity contribution in [1.29, 1.82) is 0 Å². The molecular formula is C16H29N3O2. The molecule has 3 fully saturated rings. The molecule has 3 aliphatic rings. The summed E-state index contributed by atoms with van der Waals surface area (Å²) in [5.74, 6) is 0.619. The van der Waals surface area contributed by atoms with Crippen LogP contribution in [-0.4, -0.2) is 47.3 Å². The van der Waals surface area contributed by atoms with Gasteiger partial charge in [-0.2, -0.15) is 0 Å². The highest BCUT2D eigenvalue weighted by atomic mass is 16.5. The molecule has 120 valence electrons. The SMILES string of the molecule is NC(=NO)C1CCCN(C2CCOC3(CCCCC3)C2)C1. The molecule has 2 saturated heterocycles. The van der Waals surface area contributed by atoms with Gasteiger partial charge in [-0.05, 0) is 45.1 Å². The summed E-state index contributed by atoms with van der Waals surface area (Å²) >= 11 is 0. The first-order valence-electron chi connectivity index (χ1n) is 8.58. The third-order valence-corrected chi connectivity index (χ3v) is 5.73. The molecule has 0 bridgehead atoms. The number of nitrogens with zero attached hydrogens (tertiary/aromatic N) is 2. The van der Waals surface area contributed by atoms with Crippen molar-refractivity contribution in [2.24, 2.45) is 16.8 Å². The van der Waals surface area contributed by atoms with Crippen LogP contribution in [0.25, 0.3) is 0 Å². The molecule has 0 aromatic carbocycles. The molecule has 1 aliphatic carbocycles. The molecule has 2 aliphatic heterocycles. The first kappa shape index (κ1) is 15.1. The number of amidine groups is 1. The first-order chi connectivity index (χ1) is 10.2. The van der Waals surface area contributed by atoms with Crippen molar-refractivity contribution in [3.05, 3.63) is 0 Å². The average Bonchev–Trinajstić information content (AvgIpc) is 2.55. The molecule has 0 radical (unpaired) electrons. The molecule has 5 heteroatoms. The molecule has 21 heavy (non-hydrogen) atoms. The van der Waals surface area contributed by atoms with Gasteiger partial charge in [-0.1, -0.05) is 24.4 Å². The van der Waals surface area contributed by atoms with Gasteiger partial charge in [0.15, 0.2) is 0 Å². The summed E-state index contributed by atoms with van der Waals surface area (Å²) < 4.78 is 6.21. The van der Waals surface area contributed by atoms with Crippen LogP contribution in [0.4, 0.5) is 0 Å². The minimum absolute atomic E-state index is 0.157. The van der Waals surface area contributed by atoms with Gasteiger partial charge in [-0.25, -0.2) is 0 Å². The van der Waals surface area contributed by atoms with E-state index in [-0.39, 0.29) is 11.5 Å². The van der Waals surface area contributed by atoms with Crippen molar-refractivity contribution in [3.8, 4) is 0 Å². The Morgan fingerprint density at radius 2 is 2.00 bits per heavy atom. The standard InChI is InChI=1S/C16H29N3O2/c17-15(18-20)13-5-4-9-19(12-13)14-6-10-21-16(11-14)7-2-1-3-8-16/h13-14,20H,1-12H2,(H2,17,18). The minimum Gasteiger partial charge on any atom is -0.409 e. The molecule has 1 spiro atoms. The van der Waals surface area contributed by atoms with E-state index in [9.17, 15) is 0 Å². The Kier molecular flexibility index (Phi) is 4.69. The molecule has 3 rings (SSSR count). The molecule has 2 unspecified atom stereocenters. The van der Waals surface area contributed by atoms with Crippen LogP contribution < -0.4 is 5.73 Å². The summed E-state index contributed by atoms with van der Waals surface area (Å²) in [5.41, 5.74) is 5.98. The normalized spacial score (nSPS) is 35.0. The van der Waals surface area contributed by atoms with Crippen LogP contribution in [0, 0.1) is 5.92 Å². The smallest absolute Gasteiger partial charge is 0.143 e. The van der Waals surface area contributed by atoms with Crippen molar-refractivity contribution in [3.63, 3.8) is 0 Å². The van der Waals surface area contributed by atoms with E-state index in [0.717, 1.165) is 39.0 Å². The Hall–Kier alpha value is -0.810. The lowest BCUT2D eigenvalue weighted by Crippen LogP contribution is -2.53. The highest BCUT2D eigenvalue weighted by molar-refractivity contribution is 5.82. The van der Waals surface area contributed by atoms with E-state index < -0.39 is 0 Å². The fourth-order valence-corrected chi connectivity index (χ4v) is 4.52. The second-order valence-electron chi connectivity index (χ2n) is 7.10. The number of ether oxygens (including phenoxy) is 1. The third kappa shape index (κ3) is 3.34. The van der Waals surface area contributed by atoms with Crippen molar-refractivity contribution < 1.29 is 9.94 Å². The Bertz CT molecular complexity index is 374. The van der Waals surface area contributed by atoms with Crippen molar-refractivity contribution in [2.75, 3.05) is 19.7 Å². The number of piperidine rings is 1. The van der Waals surface area contributed by atoms with Gasteiger partial charge < -0.3 is 15.7 Å². The molecule has 0 aromatic heterocycles. The quantitative estimate of drug-likeness (QED) is 0.355. The van der Waals surface area contributed by atoms with Crippen molar-refractivity contribution >= 4 is 5.84 Å². The predicted octanol–water partition coefficient (Wildman–Crippen LogP) is 2.33. The molecule has 2 atom stereocenters. The average molecular weight is 295 g/mol. The van der Waals surface area contributed by atoms with Gasteiger partial charge in [0.1, 0.15) is 5.84 Å². The lowest BCUT2D eigenvalue weighted by atomic mass is 9.77. The number of rotatable bonds is 2. The lowest BCUT2D eigenvalue weighted by Gasteiger charge is -2.48. The van der Waals surface area contributed by atoms with Crippen LogP contribution in [0.1, 0.15) is 57.8 Å². The van der Waals surface area contributed by atoms with E-state index in [0.29, 0.717) is 11.9 Å². The molecule has 2 heterocycles. The zero-order valence-corrected chi connectivity index (χ0v) is 13.0. The summed E-state index contributed by atoms with van der Waals surface area (Å²) in [7, 11) is 0. The summed E-state index contributed by atoms with van der Waals surface area (Å²) in [6, 6.07) is 0.617. The second kappa shape index (κ2) is 6.53. The zero-order chi connectivity index (χ0) is 14.7. The van der Waals surface area contributed by atoms with Gasteiger partial charge in [-0.3, -0.25) is 4.90 Å². The number of oxime groups is 1. The maximum atomic E-state index is 8.91. The van der Waals surface area contributed by atoms with E-state index >= 15 is 0 Å². The van der Waals surface area contributed by atoms with Crippen LogP contribution in [-0.2, 0) is 4.74 Å². The van der Waals surface area contributed by atoms with Crippen LogP contribution in [0.2, 0.25) is 0 Å². The van der Waals surface area contributed by atoms with Crippen LogP contribution in [0.15, 0.2) is 5.16 Å². The molecule has 1 saturated carbocycles. The van der Waals surface area contributed by atoms with Gasteiger partial charge in [0.2, 0.25) is 0 Å². The Morgan fingerprint density at radius 1 is 1.19 bits per heavy atom.